The molecule has 0 atom stereocenters. The Balaban J connectivity index is 2.24. The molecular formula is C16H13FO3. The maximum atomic E-state index is 12.7. The van der Waals surface area contributed by atoms with E-state index >= 15 is 0 Å². The van der Waals surface area contributed by atoms with Crippen molar-refractivity contribution in [1.29, 1.82) is 0 Å². The molecule has 2 N–H and O–H groups in total. The van der Waals surface area contributed by atoms with Crippen LogP contribution < -0.4 is 0 Å². The summed E-state index contributed by atoms with van der Waals surface area (Å²) >= 11 is 0. The van der Waals surface area contributed by atoms with Gasteiger partial charge in [-0.3, -0.25) is 4.79 Å². The van der Waals surface area contributed by atoms with E-state index in [-0.39, 0.29) is 28.4 Å². The number of phenolic OH excluding ortho intramolecular Hbond substituents is 2. The summed E-state index contributed by atoms with van der Waals surface area (Å²) < 4.78 is 12.7. The fourth-order valence-corrected chi connectivity index (χ4v) is 1.72. The van der Waals surface area contributed by atoms with E-state index in [0.717, 1.165) is 0 Å². The van der Waals surface area contributed by atoms with Crippen molar-refractivity contribution in [2.45, 2.75) is 6.92 Å². The number of carbonyl (C=O) groups excluding carboxylic acids is 1. The summed E-state index contributed by atoms with van der Waals surface area (Å²) in [7, 11) is 0. The van der Waals surface area contributed by atoms with Gasteiger partial charge in [-0.1, -0.05) is 18.2 Å². The molecule has 0 unspecified atom stereocenters. The molecule has 20 heavy (non-hydrogen) atoms. The number of hydrogen-bond acceptors (Lipinski definition) is 3. The number of ketones is 1. The van der Waals surface area contributed by atoms with Crippen LogP contribution in [0.25, 0.3) is 6.08 Å². The van der Waals surface area contributed by atoms with Crippen LogP contribution in [0.5, 0.6) is 11.5 Å². The zero-order valence-corrected chi connectivity index (χ0v) is 10.8. The lowest BCUT2D eigenvalue weighted by molar-refractivity contribution is 0.104. The van der Waals surface area contributed by atoms with Gasteiger partial charge in [0.2, 0.25) is 0 Å². The van der Waals surface area contributed by atoms with Gasteiger partial charge in [-0.25, -0.2) is 4.39 Å². The Labute approximate surface area is 115 Å². The number of rotatable bonds is 3. The van der Waals surface area contributed by atoms with E-state index < -0.39 is 5.78 Å². The van der Waals surface area contributed by atoms with Crippen LogP contribution >= 0.6 is 0 Å². The van der Waals surface area contributed by atoms with E-state index in [1.165, 1.54) is 43.3 Å². The summed E-state index contributed by atoms with van der Waals surface area (Å²) in [6, 6.07) is 8.39. The Morgan fingerprint density at radius 2 is 1.75 bits per heavy atom. The summed E-state index contributed by atoms with van der Waals surface area (Å²) in [5, 5.41) is 19.2. The van der Waals surface area contributed by atoms with Gasteiger partial charge in [0.15, 0.2) is 5.78 Å². The van der Waals surface area contributed by atoms with Crippen molar-refractivity contribution in [3.05, 3.63) is 65.0 Å². The average molecular weight is 272 g/mol. The minimum atomic E-state index is -0.394. The van der Waals surface area contributed by atoms with Gasteiger partial charge in [0.05, 0.1) is 5.56 Å². The molecule has 0 amide bonds. The third-order valence-corrected chi connectivity index (χ3v) is 2.97. The number of phenols is 2. The third-order valence-electron chi connectivity index (χ3n) is 2.97. The molecule has 0 heterocycles. The van der Waals surface area contributed by atoms with E-state index in [1.54, 1.807) is 12.1 Å². The van der Waals surface area contributed by atoms with Crippen molar-refractivity contribution in [3.63, 3.8) is 0 Å². The van der Waals surface area contributed by atoms with Crippen molar-refractivity contribution in [2.24, 2.45) is 0 Å². The van der Waals surface area contributed by atoms with Gasteiger partial charge in [0.1, 0.15) is 17.3 Å². The Bertz CT molecular complexity index is 673. The van der Waals surface area contributed by atoms with E-state index in [0.29, 0.717) is 5.56 Å². The SMILES string of the molecule is Cc1c(O)ccc(C(=O)/C=C/c2ccc(F)cc2)c1O. The molecule has 4 heteroatoms. The van der Waals surface area contributed by atoms with E-state index in [2.05, 4.69) is 0 Å². The molecule has 102 valence electrons. The first-order valence-corrected chi connectivity index (χ1v) is 5.98. The lowest BCUT2D eigenvalue weighted by atomic mass is 10.0. The van der Waals surface area contributed by atoms with Crippen LogP contribution in [0, 0.1) is 12.7 Å². The van der Waals surface area contributed by atoms with Crippen molar-refractivity contribution in [2.75, 3.05) is 0 Å². The maximum Gasteiger partial charge on any atom is 0.189 e. The number of aromatic hydroxyl groups is 2. The first-order valence-electron chi connectivity index (χ1n) is 5.98. The molecule has 0 saturated carbocycles. The number of halogens is 1. The number of allylic oxidation sites excluding steroid dienone is 1. The maximum absolute atomic E-state index is 12.7. The molecule has 3 nitrogen and oxygen atoms in total. The van der Waals surface area contributed by atoms with Crippen LogP contribution in [0.1, 0.15) is 21.5 Å². The van der Waals surface area contributed by atoms with Crippen molar-refractivity contribution in [1.82, 2.24) is 0 Å². The Kier molecular flexibility index (Phi) is 3.84. The standard InChI is InChI=1S/C16H13FO3/c1-10-14(18)9-7-13(16(10)20)15(19)8-4-11-2-5-12(17)6-3-11/h2-9,18,20H,1H3/b8-4+. The number of benzene rings is 2. The van der Waals surface area contributed by atoms with E-state index in [4.69, 9.17) is 0 Å². The highest BCUT2D eigenvalue weighted by molar-refractivity contribution is 6.08. The molecule has 2 rings (SSSR count). The zero-order valence-electron chi connectivity index (χ0n) is 10.8. The highest BCUT2D eigenvalue weighted by Gasteiger charge is 2.12. The second kappa shape index (κ2) is 5.57. The highest BCUT2D eigenvalue weighted by Crippen LogP contribution is 2.29. The molecule has 0 radical (unpaired) electrons. The predicted octanol–water partition coefficient (Wildman–Crippen LogP) is 3.44. The van der Waals surface area contributed by atoms with Gasteiger partial charge in [-0.05, 0) is 42.8 Å². The summed E-state index contributed by atoms with van der Waals surface area (Å²) in [6.07, 6.45) is 2.82. The summed E-state index contributed by atoms with van der Waals surface area (Å²) in [5.74, 6) is -1.05. The molecule has 0 bridgehead atoms. The van der Waals surface area contributed by atoms with Gasteiger partial charge in [0, 0.05) is 5.56 Å². The van der Waals surface area contributed by atoms with Gasteiger partial charge >= 0.3 is 0 Å². The van der Waals surface area contributed by atoms with Crippen LogP contribution in [0.3, 0.4) is 0 Å². The fraction of sp³-hybridized carbons (Fsp3) is 0.0625. The number of hydrogen-bond donors (Lipinski definition) is 2. The lowest BCUT2D eigenvalue weighted by Gasteiger charge is -2.05. The predicted molar refractivity (Wildman–Crippen MR) is 74.3 cm³/mol. The van der Waals surface area contributed by atoms with Crippen LogP contribution in [0.2, 0.25) is 0 Å². The number of carbonyl (C=O) groups is 1. The van der Waals surface area contributed by atoms with E-state index in [9.17, 15) is 19.4 Å². The minimum absolute atomic E-state index is 0.0680. The average Bonchev–Trinajstić information content (AvgIpc) is 2.44. The molecule has 2 aromatic carbocycles. The Morgan fingerprint density at radius 1 is 1.10 bits per heavy atom. The molecule has 0 saturated heterocycles. The third kappa shape index (κ3) is 2.85. The van der Waals surface area contributed by atoms with Gasteiger partial charge in [-0.2, -0.15) is 0 Å². The highest BCUT2D eigenvalue weighted by atomic mass is 19.1. The molecule has 0 aliphatic carbocycles. The van der Waals surface area contributed by atoms with Gasteiger partial charge < -0.3 is 10.2 Å². The van der Waals surface area contributed by atoms with Crippen LogP contribution in [-0.4, -0.2) is 16.0 Å². The van der Waals surface area contributed by atoms with Crippen LogP contribution in [0.15, 0.2) is 42.5 Å². The van der Waals surface area contributed by atoms with Crippen molar-refractivity contribution >= 4 is 11.9 Å². The first kappa shape index (κ1) is 13.8. The molecule has 0 aliphatic heterocycles. The second-order valence-electron chi connectivity index (χ2n) is 4.35. The second-order valence-corrected chi connectivity index (χ2v) is 4.35. The Morgan fingerprint density at radius 3 is 2.40 bits per heavy atom. The summed E-state index contributed by atoms with van der Waals surface area (Å²) in [5.41, 5.74) is 1.04. The largest absolute Gasteiger partial charge is 0.508 e. The minimum Gasteiger partial charge on any atom is -0.508 e. The molecule has 0 spiro atoms. The quantitative estimate of drug-likeness (QED) is 0.664. The topological polar surface area (TPSA) is 57.5 Å². The molecule has 0 aromatic heterocycles. The lowest BCUT2D eigenvalue weighted by Crippen LogP contribution is -1.96. The van der Waals surface area contributed by atoms with Gasteiger partial charge in [-0.15, -0.1) is 0 Å². The zero-order chi connectivity index (χ0) is 14.7. The molecule has 0 aliphatic rings. The fourth-order valence-electron chi connectivity index (χ4n) is 1.72. The summed E-state index contributed by atoms with van der Waals surface area (Å²) in [6.45, 7) is 1.52. The van der Waals surface area contributed by atoms with Crippen molar-refractivity contribution in [3.8, 4) is 11.5 Å². The first-order chi connectivity index (χ1) is 9.49. The van der Waals surface area contributed by atoms with Crippen LogP contribution in [-0.2, 0) is 0 Å². The molecule has 0 fully saturated rings. The Hall–Kier alpha value is -2.62. The molecule has 2 aromatic rings. The smallest absolute Gasteiger partial charge is 0.189 e. The molecular weight excluding hydrogens is 259 g/mol. The monoisotopic (exact) mass is 272 g/mol. The van der Waals surface area contributed by atoms with Crippen LogP contribution in [0.4, 0.5) is 4.39 Å². The van der Waals surface area contributed by atoms with E-state index in [1.807, 2.05) is 0 Å². The van der Waals surface area contributed by atoms with Gasteiger partial charge in [0.25, 0.3) is 0 Å². The summed E-state index contributed by atoms with van der Waals surface area (Å²) in [4.78, 5) is 12.0. The normalized spacial score (nSPS) is 10.9. The van der Waals surface area contributed by atoms with Crippen molar-refractivity contribution < 1.29 is 19.4 Å².